The monoisotopic (exact) mass is 411 g/mol. The van der Waals surface area contributed by atoms with Crippen LogP contribution in [0.5, 0.6) is 0 Å². The number of nitrogens with one attached hydrogen (secondary N) is 2. The van der Waals surface area contributed by atoms with Crippen LogP contribution in [0.1, 0.15) is 36.2 Å². The standard InChI is InChI=1S/C17H17N9O4/c18-15-16(23-30-22-15)25-14(10-5-4-8-12(9-10)26(28)29)13(20-24-25)17(27)21-19-11-6-2-1-3-7-11/h4-6,8-9,19H,1-3,7H2,(H2,18,22)(H,21,27). The third kappa shape index (κ3) is 3.67. The third-order valence-electron chi connectivity index (χ3n) is 4.54. The van der Waals surface area contributed by atoms with E-state index in [0.29, 0.717) is 5.56 Å². The van der Waals surface area contributed by atoms with Gasteiger partial charge in [-0.25, -0.2) is 4.63 Å². The first-order valence-corrected chi connectivity index (χ1v) is 9.09. The number of hydrogen-bond acceptors (Lipinski definition) is 10. The summed E-state index contributed by atoms with van der Waals surface area (Å²) < 4.78 is 5.76. The van der Waals surface area contributed by atoms with E-state index in [4.69, 9.17) is 5.73 Å². The van der Waals surface area contributed by atoms with Crippen molar-refractivity contribution in [3.8, 4) is 17.1 Å². The average Bonchev–Trinajstić information content (AvgIpc) is 3.38. The highest BCUT2D eigenvalue weighted by molar-refractivity contribution is 5.98. The van der Waals surface area contributed by atoms with E-state index in [0.717, 1.165) is 36.1 Å². The zero-order valence-corrected chi connectivity index (χ0v) is 15.6. The minimum Gasteiger partial charge on any atom is -0.378 e. The fourth-order valence-corrected chi connectivity index (χ4v) is 3.09. The van der Waals surface area contributed by atoms with Crippen LogP contribution in [0.25, 0.3) is 17.1 Å². The van der Waals surface area contributed by atoms with Crippen molar-refractivity contribution in [2.24, 2.45) is 0 Å². The number of carbonyl (C=O) groups excluding carboxylic acids is 1. The van der Waals surface area contributed by atoms with Crippen molar-refractivity contribution in [1.82, 2.24) is 36.2 Å². The SMILES string of the molecule is Nc1nonc1-n1nnc(C(=O)NNC2=CCCCC2)c1-c1cccc([N+](=O)[O-])c1. The Labute approximate surface area is 169 Å². The fourth-order valence-electron chi connectivity index (χ4n) is 3.09. The Balaban J connectivity index is 1.74. The third-order valence-corrected chi connectivity index (χ3v) is 4.54. The number of amides is 1. The summed E-state index contributed by atoms with van der Waals surface area (Å²) >= 11 is 0. The average molecular weight is 411 g/mol. The van der Waals surface area contributed by atoms with Gasteiger partial charge in [-0.05, 0) is 36.0 Å². The second-order valence-electron chi connectivity index (χ2n) is 6.53. The van der Waals surface area contributed by atoms with Crippen molar-refractivity contribution < 1.29 is 14.3 Å². The number of nitro groups is 1. The highest BCUT2D eigenvalue weighted by atomic mass is 16.6. The maximum Gasteiger partial charge on any atom is 0.292 e. The first-order chi connectivity index (χ1) is 14.5. The molecule has 1 aliphatic carbocycles. The molecule has 0 saturated carbocycles. The lowest BCUT2D eigenvalue weighted by atomic mass is 10.1. The van der Waals surface area contributed by atoms with E-state index in [2.05, 4.69) is 36.1 Å². The van der Waals surface area contributed by atoms with Crippen molar-refractivity contribution in [2.75, 3.05) is 5.73 Å². The van der Waals surface area contributed by atoms with E-state index >= 15 is 0 Å². The van der Waals surface area contributed by atoms with E-state index in [9.17, 15) is 14.9 Å². The number of anilines is 1. The summed E-state index contributed by atoms with van der Waals surface area (Å²) in [5, 5.41) is 26.3. The lowest BCUT2D eigenvalue weighted by molar-refractivity contribution is -0.384. The number of non-ortho nitro benzene ring substituents is 1. The van der Waals surface area contributed by atoms with Gasteiger partial charge in [0.15, 0.2) is 5.69 Å². The number of aromatic nitrogens is 5. The number of nitrogens with zero attached hydrogens (tertiary/aromatic N) is 6. The number of carbonyl (C=O) groups is 1. The van der Waals surface area contributed by atoms with Gasteiger partial charge in [0.1, 0.15) is 5.69 Å². The number of nitro benzene ring substituents is 1. The minimum absolute atomic E-state index is 0.00556. The molecule has 0 atom stereocenters. The predicted octanol–water partition coefficient (Wildman–Crippen LogP) is 1.50. The summed E-state index contributed by atoms with van der Waals surface area (Å²) in [4.78, 5) is 23.5. The van der Waals surface area contributed by atoms with E-state index < -0.39 is 10.8 Å². The molecule has 1 amide bonds. The lowest BCUT2D eigenvalue weighted by Gasteiger charge is -2.15. The largest absolute Gasteiger partial charge is 0.378 e. The molecule has 2 heterocycles. The maximum atomic E-state index is 12.8. The van der Waals surface area contributed by atoms with Crippen molar-refractivity contribution in [3.05, 3.63) is 51.8 Å². The predicted molar refractivity (Wildman–Crippen MR) is 103 cm³/mol. The van der Waals surface area contributed by atoms with Gasteiger partial charge in [-0.1, -0.05) is 23.4 Å². The summed E-state index contributed by atoms with van der Waals surface area (Å²) in [6.45, 7) is 0. The molecule has 13 nitrogen and oxygen atoms in total. The van der Waals surface area contributed by atoms with Crippen LogP contribution in [0.15, 0.2) is 40.7 Å². The molecule has 154 valence electrons. The zero-order chi connectivity index (χ0) is 21.1. The highest BCUT2D eigenvalue weighted by Gasteiger charge is 2.26. The molecule has 0 unspecified atom stereocenters. The molecule has 0 aliphatic heterocycles. The van der Waals surface area contributed by atoms with Crippen LogP contribution in [0.3, 0.4) is 0 Å². The molecule has 30 heavy (non-hydrogen) atoms. The molecule has 0 fully saturated rings. The Morgan fingerprint density at radius 1 is 1.30 bits per heavy atom. The Morgan fingerprint density at radius 3 is 2.87 bits per heavy atom. The molecule has 0 spiro atoms. The first kappa shape index (κ1) is 19.0. The lowest BCUT2D eigenvalue weighted by Crippen LogP contribution is -2.37. The molecular formula is C17H17N9O4. The van der Waals surface area contributed by atoms with Crippen LogP contribution in [-0.2, 0) is 0 Å². The van der Waals surface area contributed by atoms with Crippen molar-refractivity contribution >= 4 is 17.4 Å². The maximum absolute atomic E-state index is 12.8. The van der Waals surface area contributed by atoms with Gasteiger partial charge in [-0.2, -0.15) is 4.68 Å². The Hall–Kier alpha value is -4.29. The smallest absolute Gasteiger partial charge is 0.292 e. The van der Waals surface area contributed by atoms with Crippen LogP contribution in [-0.4, -0.2) is 36.1 Å². The number of hydrogen-bond donors (Lipinski definition) is 3. The van der Waals surface area contributed by atoms with Gasteiger partial charge in [-0.3, -0.25) is 20.3 Å². The van der Waals surface area contributed by atoms with Gasteiger partial charge in [0, 0.05) is 23.4 Å². The van der Waals surface area contributed by atoms with Gasteiger partial charge in [0.2, 0.25) is 11.6 Å². The van der Waals surface area contributed by atoms with Crippen LogP contribution in [0, 0.1) is 10.1 Å². The number of hydrazine groups is 1. The molecular weight excluding hydrogens is 394 g/mol. The molecule has 0 radical (unpaired) electrons. The fraction of sp³-hybridized carbons (Fsp3) is 0.235. The molecule has 13 heteroatoms. The highest BCUT2D eigenvalue weighted by Crippen LogP contribution is 2.29. The van der Waals surface area contributed by atoms with Gasteiger partial charge < -0.3 is 11.2 Å². The Morgan fingerprint density at radius 2 is 2.17 bits per heavy atom. The quantitative estimate of drug-likeness (QED) is 0.397. The minimum atomic E-state index is -0.579. The normalized spacial score (nSPS) is 13.5. The van der Waals surface area contributed by atoms with E-state index in [1.807, 2.05) is 6.08 Å². The molecule has 0 bridgehead atoms. The van der Waals surface area contributed by atoms with Gasteiger partial charge >= 0.3 is 0 Å². The Bertz CT molecular complexity index is 1130. The first-order valence-electron chi connectivity index (χ1n) is 9.09. The van der Waals surface area contributed by atoms with E-state index in [1.54, 1.807) is 6.07 Å². The van der Waals surface area contributed by atoms with Crippen molar-refractivity contribution in [3.63, 3.8) is 0 Å². The molecule has 0 saturated heterocycles. The van der Waals surface area contributed by atoms with Gasteiger partial charge in [0.25, 0.3) is 11.6 Å². The van der Waals surface area contributed by atoms with Gasteiger partial charge in [-0.15, -0.1) is 5.10 Å². The summed E-state index contributed by atoms with van der Waals surface area (Å²) in [7, 11) is 0. The van der Waals surface area contributed by atoms with Gasteiger partial charge in [0.05, 0.1) is 4.92 Å². The summed E-state index contributed by atoms with van der Waals surface area (Å²) in [5.74, 6) is -0.653. The molecule has 4 N–H and O–H groups in total. The molecule has 1 aromatic carbocycles. The van der Waals surface area contributed by atoms with E-state index in [-0.39, 0.29) is 28.7 Å². The molecule has 2 aromatic heterocycles. The van der Waals surface area contributed by atoms with Crippen LogP contribution < -0.4 is 16.6 Å². The zero-order valence-electron chi connectivity index (χ0n) is 15.6. The molecule has 4 rings (SSSR count). The van der Waals surface area contributed by atoms with Crippen molar-refractivity contribution in [2.45, 2.75) is 25.7 Å². The number of nitrogen functional groups attached to an aromatic ring is 1. The number of rotatable bonds is 6. The Kier molecular flexibility index (Phi) is 5.07. The van der Waals surface area contributed by atoms with Crippen molar-refractivity contribution in [1.29, 1.82) is 0 Å². The van der Waals surface area contributed by atoms with Crippen LogP contribution in [0.4, 0.5) is 11.5 Å². The number of allylic oxidation sites excluding steroid dienone is 2. The summed E-state index contributed by atoms with van der Waals surface area (Å²) in [6.07, 6.45) is 5.92. The summed E-state index contributed by atoms with van der Waals surface area (Å²) in [5.41, 5.74) is 12.4. The summed E-state index contributed by atoms with van der Waals surface area (Å²) in [6, 6.07) is 5.70. The van der Waals surface area contributed by atoms with Crippen LogP contribution >= 0.6 is 0 Å². The van der Waals surface area contributed by atoms with E-state index in [1.165, 1.54) is 18.2 Å². The second kappa shape index (κ2) is 7.98. The topological polar surface area (TPSA) is 180 Å². The molecule has 3 aromatic rings. The number of nitrogens with two attached hydrogens (primary N) is 1. The second-order valence-corrected chi connectivity index (χ2v) is 6.53. The van der Waals surface area contributed by atoms with Crippen LogP contribution in [0.2, 0.25) is 0 Å². The number of benzene rings is 1. The molecule has 1 aliphatic rings.